The van der Waals surface area contributed by atoms with E-state index in [0.717, 1.165) is 22.6 Å². The Morgan fingerprint density at radius 2 is 1.93 bits per heavy atom. The van der Waals surface area contributed by atoms with E-state index in [1.165, 1.54) is 0 Å². The minimum atomic E-state index is -0.171. The summed E-state index contributed by atoms with van der Waals surface area (Å²) in [5.41, 5.74) is 2.19. The Morgan fingerprint density at radius 1 is 1.07 bits per heavy atom. The van der Waals surface area contributed by atoms with Gasteiger partial charge in [0.2, 0.25) is 5.91 Å². The molecule has 0 unspecified atom stereocenters. The standard InChI is InChI=1S/C22H24N2O3/c1-17-7-5-10-19(15-17)26-14-12-23-21(25)16-24-22(20-11-6-13-27-20)18-8-3-2-4-9-18/h2-11,13,15,22,24H,12,14,16H2,1H3,(H,23,25)/t22-/m0/s1. The van der Waals surface area contributed by atoms with Crippen LogP contribution in [0.5, 0.6) is 5.75 Å². The molecule has 0 saturated heterocycles. The molecular weight excluding hydrogens is 340 g/mol. The summed E-state index contributed by atoms with van der Waals surface area (Å²) in [7, 11) is 0. The van der Waals surface area contributed by atoms with Crippen LogP contribution in [0.3, 0.4) is 0 Å². The Morgan fingerprint density at radius 3 is 2.67 bits per heavy atom. The SMILES string of the molecule is Cc1cccc(OCCNC(=O)CN[C@@H](c2ccccc2)c2ccco2)c1. The molecule has 3 aromatic rings. The summed E-state index contributed by atoms with van der Waals surface area (Å²) >= 11 is 0. The minimum absolute atomic E-state index is 0.0877. The lowest BCUT2D eigenvalue weighted by molar-refractivity contribution is -0.120. The summed E-state index contributed by atoms with van der Waals surface area (Å²) in [4.78, 5) is 12.2. The Labute approximate surface area is 159 Å². The van der Waals surface area contributed by atoms with Gasteiger partial charge in [-0.05, 0) is 42.3 Å². The maximum absolute atomic E-state index is 12.2. The van der Waals surface area contributed by atoms with Crippen LogP contribution in [0.2, 0.25) is 0 Å². The number of furan rings is 1. The van der Waals surface area contributed by atoms with Crippen molar-refractivity contribution in [3.05, 3.63) is 89.9 Å². The Balaban J connectivity index is 1.45. The van der Waals surface area contributed by atoms with Crippen molar-refractivity contribution < 1.29 is 13.9 Å². The molecule has 1 heterocycles. The monoisotopic (exact) mass is 364 g/mol. The van der Waals surface area contributed by atoms with Crippen LogP contribution in [0.4, 0.5) is 0 Å². The second-order valence-electron chi connectivity index (χ2n) is 6.25. The lowest BCUT2D eigenvalue weighted by Crippen LogP contribution is -2.37. The van der Waals surface area contributed by atoms with E-state index in [1.807, 2.05) is 73.7 Å². The molecule has 2 N–H and O–H groups in total. The van der Waals surface area contributed by atoms with Gasteiger partial charge in [-0.15, -0.1) is 0 Å². The molecule has 27 heavy (non-hydrogen) atoms. The highest BCUT2D eigenvalue weighted by Gasteiger charge is 2.17. The van der Waals surface area contributed by atoms with Crippen LogP contribution in [0.15, 0.2) is 77.4 Å². The fourth-order valence-electron chi connectivity index (χ4n) is 2.81. The molecule has 1 amide bonds. The molecule has 5 nitrogen and oxygen atoms in total. The third kappa shape index (κ3) is 5.72. The number of ether oxygens (including phenoxy) is 1. The van der Waals surface area contributed by atoms with E-state index in [-0.39, 0.29) is 18.5 Å². The molecule has 0 bridgehead atoms. The number of nitrogens with one attached hydrogen (secondary N) is 2. The zero-order valence-corrected chi connectivity index (χ0v) is 15.4. The van der Waals surface area contributed by atoms with Crippen molar-refractivity contribution in [2.75, 3.05) is 19.7 Å². The van der Waals surface area contributed by atoms with E-state index in [1.54, 1.807) is 6.26 Å². The van der Waals surface area contributed by atoms with Crippen molar-refractivity contribution in [1.29, 1.82) is 0 Å². The largest absolute Gasteiger partial charge is 0.492 e. The first-order valence-electron chi connectivity index (χ1n) is 9.00. The fourth-order valence-corrected chi connectivity index (χ4v) is 2.81. The smallest absolute Gasteiger partial charge is 0.234 e. The third-order valence-electron chi connectivity index (χ3n) is 4.11. The van der Waals surface area contributed by atoms with Crippen molar-refractivity contribution in [3.63, 3.8) is 0 Å². The van der Waals surface area contributed by atoms with Crippen molar-refractivity contribution in [3.8, 4) is 5.75 Å². The van der Waals surface area contributed by atoms with E-state index in [9.17, 15) is 4.79 Å². The number of hydrogen-bond donors (Lipinski definition) is 2. The van der Waals surface area contributed by atoms with Gasteiger partial charge < -0.3 is 14.5 Å². The average molecular weight is 364 g/mol. The predicted molar refractivity (Wildman–Crippen MR) is 105 cm³/mol. The van der Waals surface area contributed by atoms with Gasteiger partial charge >= 0.3 is 0 Å². The first kappa shape index (κ1) is 18.7. The molecule has 1 aromatic heterocycles. The highest BCUT2D eigenvalue weighted by molar-refractivity contribution is 5.78. The number of aryl methyl sites for hydroxylation is 1. The van der Waals surface area contributed by atoms with Crippen LogP contribution in [0.1, 0.15) is 22.9 Å². The zero-order valence-electron chi connectivity index (χ0n) is 15.4. The van der Waals surface area contributed by atoms with Crippen molar-refractivity contribution in [1.82, 2.24) is 10.6 Å². The summed E-state index contributed by atoms with van der Waals surface area (Å²) in [5.74, 6) is 1.50. The number of hydrogen-bond acceptors (Lipinski definition) is 4. The van der Waals surface area contributed by atoms with Gasteiger partial charge in [0.05, 0.1) is 25.4 Å². The predicted octanol–water partition coefficient (Wildman–Crippen LogP) is 3.46. The highest BCUT2D eigenvalue weighted by atomic mass is 16.5. The summed E-state index contributed by atoms with van der Waals surface area (Å²) in [6.45, 7) is 3.08. The molecule has 0 aliphatic rings. The molecule has 3 rings (SSSR count). The molecule has 0 aliphatic carbocycles. The van der Waals surface area contributed by atoms with Crippen LogP contribution >= 0.6 is 0 Å². The Hall–Kier alpha value is -3.05. The second-order valence-corrected chi connectivity index (χ2v) is 6.25. The van der Waals surface area contributed by atoms with Gasteiger partial charge in [-0.1, -0.05) is 42.5 Å². The minimum Gasteiger partial charge on any atom is -0.492 e. The molecular formula is C22H24N2O3. The van der Waals surface area contributed by atoms with Gasteiger partial charge in [-0.3, -0.25) is 10.1 Å². The maximum atomic E-state index is 12.2. The molecule has 1 atom stereocenters. The normalized spacial score (nSPS) is 11.7. The molecule has 5 heteroatoms. The van der Waals surface area contributed by atoms with Crippen LogP contribution in [-0.2, 0) is 4.79 Å². The quantitative estimate of drug-likeness (QED) is 0.571. The summed E-state index contributed by atoms with van der Waals surface area (Å²) in [5, 5.41) is 6.12. The van der Waals surface area contributed by atoms with E-state index >= 15 is 0 Å². The van der Waals surface area contributed by atoms with E-state index in [4.69, 9.17) is 9.15 Å². The number of amides is 1. The number of rotatable bonds is 9. The van der Waals surface area contributed by atoms with E-state index in [2.05, 4.69) is 10.6 Å². The Kier molecular flexibility index (Phi) is 6.66. The van der Waals surface area contributed by atoms with Gasteiger partial charge in [0.15, 0.2) is 0 Å². The molecule has 0 spiro atoms. The first-order chi connectivity index (χ1) is 13.2. The van der Waals surface area contributed by atoms with Crippen LogP contribution in [0.25, 0.3) is 0 Å². The first-order valence-corrected chi connectivity index (χ1v) is 9.00. The van der Waals surface area contributed by atoms with Gasteiger partial charge in [0.1, 0.15) is 18.1 Å². The summed E-state index contributed by atoms with van der Waals surface area (Å²) < 4.78 is 11.2. The third-order valence-corrected chi connectivity index (χ3v) is 4.11. The summed E-state index contributed by atoms with van der Waals surface area (Å²) in [6, 6.07) is 21.3. The molecule has 0 saturated carbocycles. The highest BCUT2D eigenvalue weighted by Crippen LogP contribution is 2.21. The number of carbonyl (C=O) groups is 1. The van der Waals surface area contributed by atoms with E-state index in [0.29, 0.717) is 13.2 Å². The maximum Gasteiger partial charge on any atom is 0.234 e. The molecule has 0 radical (unpaired) electrons. The number of benzene rings is 2. The average Bonchev–Trinajstić information content (AvgIpc) is 3.21. The van der Waals surface area contributed by atoms with Crippen molar-refractivity contribution in [2.45, 2.75) is 13.0 Å². The number of carbonyl (C=O) groups excluding carboxylic acids is 1. The molecule has 0 fully saturated rings. The van der Waals surface area contributed by atoms with Crippen molar-refractivity contribution >= 4 is 5.91 Å². The fraction of sp³-hybridized carbons (Fsp3) is 0.227. The second kappa shape index (κ2) is 9.59. The van der Waals surface area contributed by atoms with Crippen LogP contribution < -0.4 is 15.4 Å². The lowest BCUT2D eigenvalue weighted by atomic mass is 10.0. The van der Waals surface area contributed by atoms with Crippen LogP contribution in [-0.4, -0.2) is 25.6 Å². The molecule has 0 aliphatic heterocycles. The summed E-state index contributed by atoms with van der Waals surface area (Å²) in [6.07, 6.45) is 1.63. The Bertz CT molecular complexity index is 832. The van der Waals surface area contributed by atoms with Gasteiger partial charge in [0, 0.05) is 0 Å². The van der Waals surface area contributed by atoms with Gasteiger partial charge in [0.25, 0.3) is 0 Å². The van der Waals surface area contributed by atoms with Gasteiger partial charge in [-0.2, -0.15) is 0 Å². The van der Waals surface area contributed by atoms with Crippen LogP contribution in [0, 0.1) is 6.92 Å². The van der Waals surface area contributed by atoms with E-state index < -0.39 is 0 Å². The van der Waals surface area contributed by atoms with Crippen molar-refractivity contribution in [2.24, 2.45) is 0 Å². The zero-order chi connectivity index (χ0) is 18.9. The topological polar surface area (TPSA) is 63.5 Å². The molecule has 140 valence electrons. The molecule has 2 aromatic carbocycles. The lowest BCUT2D eigenvalue weighted by Gasteiger charge is -2.17. The van der Waals surface area contributed by atoms with Gasteiger partial charge in [-0.25, -0.2) is 0 Å².